The van der Waals surface area contributed by atoms with Crippen molar-refractivity contribution in [2.24, 2.45) is 0 Å². The number of benzene rings is 3. The molecule has 9 nitrogen and oxygen atoms in total. The Morgan fingerprint density at radius 1 is 1.05 bits per heavy atom. The Bertz CT molecular complexity index is 1810. The zero-order valence-corrected chi connectivity index (χ0v) is 25.3. The predicted molar refractivity (Wildman–Crippen MR) is 162 cm³/mol. The van der Waals surface area contributed by atoms with E-state index < -0.39 is 0 Å². The van der Waals surface area contributed by atoms with Gasteiger partial charge in [0.05, 0.1) is 35.5 Å². The van der Waals surface area contributed by atoms with Crippen LogP contribution in [0.15, 0.2) is 86.5 Å². The van der Waals surface area contributed by atoms with E-state index in [9.17, 15) is 9.59 Å². The first-order chi connectivity index (χ1) is 20.3. The van der Waals surface area contributed by atoms with Crippen molar-refractivity contribution in [2.75, 3.05) is 6.54 Å². The lowest BCUT2D eigenvalue weighted by Gasteiger charge is -2.28. The Morgan fingerprint density at radius 3 is 2.52 bits per heavy atom. The van der Waals surface area contributed by atoms with Crippen LogP contribution in [-0.2, 0) is 19.5 Å². The van der Waals surface area contributed by atoms with Crippen molar-refractivity contribution in [1.82, 2.24) is 24.2 Å². The third kappa shape index (κ3) is 5.52. The van der Waals surface area contributed by atoms with E-state index in [1.807, 2.05) is 68.4 Å². The number of rotatable bonds is 7. The summed E-state index contributed by atoms with van der Waals surface area (Å²) in [6.45, 7) is 4.75. The van der Waals surface area contributed by atoms with Crippen LogP contribution in [-0.4, -0.2) is 42.8 Å². The lowest BCUT2D eigenvalue weighted by Crippen LogP contribution is -2.40. The van der Waals surface area contributed by atoms with Crippen LogP contribution < -0.4 is 10.4 Å². The molecule has 42 heavy (non-hydrogen) atoms. The summed E-state index contributed by atoms with van der Waals surface area (Å²) in [6.07, 6.45) is 0.464. The molecule has 1 aliphatic heterocycles. The van der Waals surface area contributed by atoms with Crippen molar-refractivity contribution in [2.45, 2.75) is 39.5 Å². The molecule has 6 rings (SSSR count). The molecule has 0 fully saturated rings. The summed E-state index contributed by atoms with van der Waals surface area (Å²) < 4.78 is 15.9. The molecule has 0 unspecified atom stereocenters. The molecule has 0 N–H and O–H groups in total. The summed E-state index contributed by atoms with van der Waals surface area (Å²) in [4.78, 5) is 29.1. The number of ether oxygens (including phenoxy) is 1. The molecule has 11 heteroatoms. The van der Waals surface area contributed by atoms with Crippen LogP contribution in [0.1, 0.15) is 41.4 Å². The summed E-state index contributed by atoms with van der Waals surface area (Å²) in [5.74, 6) is 1.13. The lowest BCUT2D eigenvalue weighted by atomic mass is 10.1. The van der Waals surface area contributed by atoms with Crippen LogP contribution >= 0.6 is 27.5 Å². The Balaban J connectivity index is 1.42. The number of amides is 1. The molecule has 0 spiro atoms. The Kier molecular flexibility index (Phi) is 7.74. The molecule has 1 amide bonds. The summed E-state index contributed by atoms with van der Waals surface area (Å²) in [7, 11) is 0. The minimum Gasteiger partial charge on any atom is -0.491 e. The van der Waals surface area contributed by atoms with Gasteiger partial charge < -0.3 is 14.1 Å². The third-order valence-electron chi connectivity index (χ3n) is 6.97. The number of imidazole rings is 1. The van der Waals surface area contributed by atoms with Gasteiger partial charge in [-0.05, 0) is 77.8 Å². The van der Waals surface area contributed by atoms with Gasteiger partial charge in [0.15, 0.2) is 0 Å². The maximum atomic E-state index is 13.9. The van der Waals surface area contributed by atoms with E-state index in [4.69, 9.17) is 20.8 Å². The maximum Gasteiger partial charge on any atom is 0.333 e. The van der Waals surface area contributed by atoms with E-state index in [1.54, 1.807) is 32.2 Å². The number of halogens is 2. The summed E-state index contributed by atoms with van der Waals surface area (Å²) >= 11 is 9.65. The van der Waals surface area contributed by atoms with Gasteiger partial charge in [-0.2, -0.15) is 0 Å². The first kappa shape index (κ1) is 28.0. The highest BCUT2D eigenvalue weighted by molar-refractivity contribution is 9.10. The number of carbonyl (C=O) groups excluding carboxylic acids is 1. The molecule has 0 saturated heterocycles. The Labute approximate surface area is 255 Å². The number of aromatic nitrogens is 4. The van der Waals surface area contributed by atoms with Gasteiger partial charge in [-0.3, -0.25) is 13.9 Å². The van der Waals surface area contributed by atoms with E-state index in [-0.39, 0.29) is 30.1 Å². The molecule has 0 bridgehead atoms. The van der Waals surface area contributed by atoms with Gasteiger partial charge in [-0.15, -0.1) is 10.2 Å². The fraction of sp³-hybridized carbons (Fsp3) is 0.226. The van der Waals surface area contributed by atoms with Gasteiger partial charge in [0.25, 0.3) is 11.8 Å². The lowest BCUT2D eigenvalue weighted by molar-refractivity contribution is 0.0710. The van der Waals surface area contributed by atoms with Crippen molar-refractivity contribution in [1.29, 1.82) is 0 Å². The first-order valence-corrected chi connectivity index (χ1v) is 14.7. The molecule has 0 saturated carbocycles. The van der Waals surface area contributed by atoms with Crippen molar-refractivity contribution in [3.63, 3.8) is 0 Å². The zero-order chi connectivity index (χ0) is 29.4. The first-order valence-electron chi connectivity index (χ1n) is 13.5. The van der Waals surface area contributed by atoms with Crippen LogP contribution in [0, 0.1) is 0 Å². The molecular weight excluding hydrogens is 622 g/mol. The second-order valence-corrected chi connectivity index (χ2v) is 11.5. The second-order valence-electron chi connectivity index (χ2n) is 10.2. The number of fused-ring (bicyclic) bond motifs is 1. The van der Waals surface area contributed by atoms with Crippen molar-refractivity contribution in [3.05, 3.63) is 115 Å². The number of nitrogens with zero attached hydrogens (tertiary/aromatic N) is 5. The van der Waals surface area contributed by atoms with E-state index in [0.29, 0.717) is 63.3 Å². The van der Waals surface area contributed by atoms with Crippen LogP contribution in [0.4, 0.5) is 0 Å². The number of carbonyl (C=O) groups is 1. The summed E-state index contributed by atoms with van der Waals surface area (Å²) in [5.41, 5.74) is 2.92. The molecule has 1 aliphatic rings. The van der Waals surface area contributed by atoms with Crippen LogP contribution in [0.3, 0.4) is 0 Å². The van der Waals surface area contributed by atoms with Gasteiger partial charge in [0, 0.05) is 23.1 Å². The van der Waals surface area contributed by atoms with E-state index >= 15 is 0 Å². The van der Waals surface area contributed by atoms with Crippen LogP contribution in [0.2, 0.25) is 5.02 Å². The van der Waals surface area contributed by atoms with Gasteiger partial charge >= 0.3 is 5.69 Å². The highest BCUT2D eigenvalue weighted by Crippen LogP contribution is 2.31. The predicted octanol–water partition coefficient (Wildman–Crippen LogP) is 6.14. The van der Waals surface area contributed by atoms with Crippen molar-refractivity contribution in [3.8, 4) is 23.0 Å². The second kappa shape index (κ2) is 11.6. The van der Waals surface area contributed by atoms with E-state index in [2.05, 4.69) is 26.1 Å². The molecule has 0 aliphatic carbocycles. The smallest absolute Gasteiger partial charge is 0.333 e. The summed E-state index contributed by atoms with van der Waals surface area (Å²) in [5, 5.41) is 9.09. The van der Waals surface area contributed by atoms with Crippen molar-refractivity contribution < 1.29 is 13.9 Å². The highest BCUT2D eigenvalue weighted by atomic mass is 79.9. The normalized spacial score (nSPS) is 12.9. The van der Waals surface area contributed by atoms with E-state index in [0.717, 1.165) is 5.56 Å². The quantitative estimate of drug-likeness (QED) is 0.211. The molecule has 0 atom stereocenters. The molecule has 3 aromatic carbocycles. The average Bonchev–Trinajstić information content (AvgIpc) is 3.56. The highest BCUT2D eigenvalue weighted by Gasteiger charge is 2.32. The van der Waals surface area contributed by atoms with Gasteiger partial charge in [-0.25, -0.2) is 4.79 Å². The van der Waals surface area contributed by atoms with Gasteiger partial charge in [0.1, 0.15) is 11.4 Å². The molecule has 2 aromatic heterocycles. The van der Waals surface area contributed by atoms with E-state index in [1.165, 1.54) is 0 Å². The SMILES string of the molecule is CC(C)Oc1ccc(-n2c(-c3nnc(Cc4ccccc4)o3)c3n(c2=O)CCN(C(=O)c2ccc(Br)c(Cl)c2)C3)cc1. The monoisotopic (exact) mass is 647 g/mol. The fourth-order valence-corrected chi connectivity index (χ4v) is 5.47. The summed E-state index contributed by atoms with van der Waals surface area (Å²) in [6, 6.07) is 22.2. The Hall–Kier alpha value is -4.15. The standard InChI is InChI=1S/C31H27BrClN5O4/c1-19(2)41-23-11-9-22(10-12-23)38-28(29-35-34-27(42-29)16-20-6-4-3-5-7-20)26-18-36(14-15-37(26)31(38)40)30(39)21-8-13-24(32)25(33)17-21/h3-13,17,19H,14-16,18H2,1-2H3. The minimum absolute atomic E-state index is 0.0153. The zero-order valence-electron chi connectivity index (χ0n) is 23.0. The largest absolute Gasteiger partial charge is 0.491 e. The topological polar surface area (TPSA) is 95.4 Å². The minimum atomic E-state index is -0.251. The van der Waals surface area contributed by atoms with Gasteiger partial charge in [0.2, 0.25) is 5.89 Å². The Morgan fingerprint density at radius 2 is 1.81 bits per heavy atom. The number of hydrogen-bond acceptors (Lipinski definition) is 6. The fourth-order valence-electron chi connectivity index (χ4n) is 5.04. The maximum absolute atomic E-state index is 13.9. The third-order valence-corrected chi connectivity index (χ3v) is 8.20. The average molecular weight is 649 g/mol. The van der Waals surface area contributed by atoms with Gasteiger partial charge in [-0.1, -0.05) is 41.9 Å². The van der Waals surface area contributed by atoms with Crippen LogP contribution in [0.25, 0.3) is 17.3 Å². The number of hydrogen-bond donors (Lipinski definition) is 0. The molecule has 214 valence electrons. The van der Waals surface area contributed by atoms with Crippen molar-refractivity contribution >= 4 is 33.4 Å². The molecule has 0 radical (unpaired) electrons. The molecular formula is C31H27BrClN5O4. The molecule has 5 aromatic rings. The van der Waals surface area contributed by atoms with Crippen LogP contribution in [0.5, 0.6) is 5.75 Å². The molecule has 3 heterocycles.